The molecule has 0 aromatic heterocycles. The number of allylic oxidation sites excluding steroid dienone is 1. The van der Waals surface area contributed by atoms with Gasteiger partial charge in [-0.1, -0.05) is 30.3 Å². The second kappa shape index (κ2) is 12.6. The van der Waals surface area contributed by atoms with Crippen LogP contribution in [0.2, 0.25) is 14.8 Å². The molecule has 0 bridgehead atoms. The van der Waals surface area contributed by atoms with Gasteiger partial charge in [0.05, 0.1) is 0 Å². The molecule has 0 unspecified atom stereocenters. The van der Waals surface area contributed by atoms with Crippen LogP contribution in [0.5, 0.6) is 0 Å². The van der Waals surface area contributed by atoms with Gasteiger partial charge in [0.2, 0.25) is 0 Å². The Labute approximate surface area is 237 Å². The van der Waals surface area contributed by atoms with Crippen LogP contribution in [0.1, 0.15) is 44.6 Å². The maximum absolute atomic E-state index is 13.9. The fourth-order valence-electron chi connectivity index (χ4n) is 5.68. The van der Waals surface area contributed by atoms with E-state index in [0.717, 1.165) is 17.5 Å². The van der Waals surface area contributed by atoms with Crippen LogP contribution in [-0.4, -0.2) is 60.1 Å². The number of carbonyl (C=O) groups excluding carboxylic acids is 2. The summed E-state index contributed by atoms with van der Waals surface area (Å²) in [5.74, 6) is -0.663. The van der Waals surface area contributed by atoms with Crippen LogP contribution in [0.25, 0.3) is 0 Å². The van der Waals surface area contributed by atoms with E-state index in [9.17, 15) is 9.59 Å². The van der Waals surface area contributed by atoms with Crippen molar-refractivity contribution in [1.82, 2.24) is 4.90 Å². The molecular formula is C32H43NO5Sn. The molecule has 6 nitrogen and oxygen atoms in total. The summed E-state index contributed by atoms with van der Waals surface area (Å²) < 4.78 is 19.9. The topological polar surface area (TPSA) is 65.1 Å². The van der Waals surface area contributed by atoms with Gasteiger partial charge in [0, 0.05) is 0 Å². The molecule has 0 aliphatic carbocycles. The van der Waals surface area contributed by atoms with Crippen LogP contribution in [0, 0.1) is 17.8 Å². The minimum absolute atomic E-state index is 0.0620. The van der Waals surface area contributed by atoms with Gasteiger partial charge in [0.25, 0.3) is 0 Å². The summed E-state index contributed by atoms with van der Waals surface area (Å²) in [6.45, 7) is 10.8. The fourth-order valence-corrected chi connectivity index (χ4v) is 8.35. The van der Waals surface area contributed by atoms with Crippen molar-refractivity contribution in [2.24, 2.45) is 17.8 Å². The second-order valence-electron chi connectivity index (χ2n) is 12.3. The van der Waals surface area contributed by atoms with Crippen molar-refractivity contribution in [3.05, 3.63) is 82.0 Å². The molecular weight excluding hydrogens is 597 g/mol. The van der Waals surface area contributed by atoms with Gasteiger partial charge < -0.3 is 0 Å². The molecule has 210 valence electrons. The third-order valence-corrected chi connectivity index (χ3v) is 14.9. The molecule has 0 spiro atoms. The molecule has 2 aliphatic rings. The van der Waals surface area contributed by atoms with Gasteiger partial charge >= 0.3 is 208 Å². The molecule has 4 rings (SSSR count). The Kier molecular flexibility index (Phi) is 9.60. The van der Waals surface area contributed by atoms with Crippen molar-refractivity contribution in [3.8, 4) is 0 Å². The molecule has 2 amide bonds. The number of ether oxygens (including phenoxy) is 3. The van der Waals surface area contributed by atoms with Crippen LogP contribution >= 0.6 is 0 Å². The number of imide groups is 1. The number of benzene rings is 2. The van der Waals surface area contributed by atoms with Crippen molar-refractivity contribution in [3.63, 3.8) is 0 Å². The Morgan fingerprint density at radius 1 is 1.00 bits per heavy atom. The number of hydrogen-bond donors (Lipinski definition) is 0. The number of rotatable bonds is 9. The standard InChI is InChI=1S/C29H34NO5.3CH3.Sn/c1-5-12-19(2)25-20(3)26(35-28(34-25)23-15-10-7-11-16-23)21(4)27(31)30-24(18-33-29(30)32)17-22-13-8-6-9-14-22;;;;/h6-11,13-16,19-21,24-26,28H,1,12,17-18H2,2-4H3;3*1H3;/t19-,20+,21+,24+,25-,26-,28-;;;;/m0..../s1. The van der Waals surface area contributed by atoms with Gasteiger partial charge in [0.15, 0.2) is 0 Å². The van der Waals surface area contributed by atoms with Crippen LogP contribution < -0.4 is 0 Å². The summed E-state index contributed by atoms with van der Waals surface area (Å²) in [6, 6.07) is 19.4. The van der Waals surface area contributed by atoms with E-state index in [2.05, 4.69) is 35.2 Å². The first-order chi connectivity index (χ1) is 18.5. The summed E-state index contributed by atoms with van der Waals surface area (Å²) in [5.41, 5.74) is 1.98. The van der Waals surface area contributed by atoms with E-state index in [1.807, 2.05) is 67.6 Å². The van der Waals surface area contributed by atoms with E-state index in [0.29, 0.717) is 6.42 Å². The fraction of sp³-hybridized carbons (Fsp3) is 0.500. The van der Waals surface area contributed by atoms with E-state index in [4.69, 9.17) is 14.2 Å². The monoisotopic (exact) mass is 641 g/mol. The van der Waals surface area contributed by atoms with Gasteiger partial charge in [-0.3, -0.25) is 0 Å². The van der Waals surface area contributed by atoms with Crippen molar-refractivity contribution in [1.29, 1.82) is 0 Å². The Morgan fingerprint density at radius 3 is 2.21 bits per heavy atom. The normalized spacial score (nSPS) is 27.1. The Hall–Kier alpha value is -2.16. The molecule has 0 N–H and O–H groups in total. The molecule has 0 radical (unpaired) electrons. The van der Waals surface area contributed by atoms with Gasteiger partial charge in [-0.05, 0) is 0 Å². The van der Waals surface area contributed by atoms with E-state index in [1.165, 1.54) is 8.49 Å². The number of cyclic esters (lactones) is 1. The van der Waals surface area contributed by atoms with Crippen LogP contribution in [0.4, 0.5) is 4.79 Å². The van der Waals surface area contributed by atoms with Crippen molar-refractivity contribution >= 4 is 30.4 Å². The summed E-state index contributed by atoms with van der Waals surface area (Å²) in [6.07, 6.45) is -0.259. The van der Waals surface area contributed by atoms with Crippen molar-refractivity contribution < 1.29 is 23.8 Å². The SMILES string of the molecule is C=[C](C[C@H](C)[C@@H]1O[C@H](c2ccccc2)O[C@H]([C@@H](C)C(=O)N2C(=O)OC[C@H]2Cc2ccccc2)[C@@H]1C)[Sn]([CH3])([CH3])[CH3]. The molecule has 7 heteroatoms. The van der Waals surface area contributed by atoms with Crippen LogP contribution in [0.15, 0.2) is 70.8 Å². The summed E-state index contributed by atoms with van der Waals surface area (Å²) >= 11 is -2.27. The predicted octanol–water partition coefficient (Wildman–Crippen LogP) is 6.79. The van der Waals surface area contributed by atoms with Crippen molar-refractivity contribution in [2.75, 3.05) is 6.61 Å². The zero-order valence-electron chi connectivity index (χ0n) is 24.1. The first-order valence-electron chi connectivity index (χ1n) is 14.0. The van der Waals surface area contributed by atoms with E-state index >= 15 is 0 Å². The van der Waals surface area contributed by atoms with E-state index < -0.39 is 42.8 Å². The number of amides is 2. The minimum atomic E-state index is -2.27. The summed E-state index contributed by atoms with van der Waals surface area (Å²) in [5, 5.41) is 0. The summed E-state index contributed by atoms with van der Waals surface area (Å²) in [4.78, 5) is 35.2. The molecule has 7 atom stereocenters. The predicted molar refractivity (Wildman–Crippen MR) is 156 cm³/mol. The van der Waals surface area contributed by atoms with Crippen LogP contribution in [-0.2, 0) is 25.4 Å². The molecule has 2 heterocycles. The molecule has 2 aromatic rings. The molecule has 39 heavy (non-hydrogen) atoms. The Morgan fingerprint density at radius 2 is 1.59 bits per heavy atom. The van der Waals surface area contributed by atoms with Gasteiger partial charge in [0.1, 0.15) is 0 Å². The average Bonchev–Trinajstić information content (AvgIpc) is 3.27. The number of hydrogen-bond acceptors (Lipinski definition) is 5. The number of carbonyl (C=O) groups is 2. The molecule has 0 saturated carbocycles. The summed E-state index contributed by atoms with van der Waals surface area (Å²) in [7, 11) is 0. The zero-order chi connectivity index (χ0) is 28.3. The molecule has 2 aromatic carbocycles. The molecule has 2 saturated heterocycles. The van der Waals surface area contributed by atoms with Crippen LogP contribution in [0.3, 0.4) is 0 Å². The third kappa shape index (κ3) is 6.95. The second-order valence-corrected chi connectivity index (χ2v) is 27.1. The van der Waals surface area contributed by atoms with Gasteiger partial charge in [-0.2, -0.15) is 0 Å². The maximum atomic E-state index is 13.9. The average molecular weight is 640 g/mol. The first-order valence-corrected chi connectivity index (χ1v) is 24.0. The molecule has 2 fully saturated rings. The molecule has 2 aliphatic heterocycles. The third-order valence-electron chi connectivity index (χ3n) is 8.25. The van der Waals surface area contributed by atoms with Gasteiger partial charge in [-0.25, -0.2) is 0 Å². The van der Waals surface area contributed by atoms with E-state index in [1.54, 1.807) is 0 Å². The quantitative estimate of drug-likeness (QED) is 0.283. The van der Waals surface area contributed by atoms with E-state index in [-0.39, 0.29) is 36.5 Å². The number of nitrogens with zero attached hydrogens (tertiary/aromatic N) is 1. The zero-order valence-corrected chi connectivity index (χ0v) is 27.0. The van der Waals surface area contributed by atoms with Crippen molar-refractivity contribution in [2.45, 2.75) is 73.0 Å². The Balaban J connectivity index is 1.58. The first kappa shape index (κ1) is 29.8. The Bertz CT molecular complexity index is 1150. The van der Waals surface area contributed by atoms with Gasteiger partial charge in [-0.15, -0.1) is 0 Å².